The molecule has 6 atom stereocenters. The second kappa shape index (κ2) is 8.34. The molecule has 4 bridgehead atoms. The summed E-state index contributed by atoms with van der Waals surface area (Å²) < 4.78 is 62.3. The lowest BCUT2D eigenvalue weighted by atomic mass is 9.57. The molecule has 5 rings (SSSR count). The number of benzene rings is 1. The molecule has 34 heavy (non-hydrogen) atoms. The molecule has 1 aromatic rings. The molecular weight excluding hydrogens is 483 g/mol. The number of amides is 1. The number of rotatable bonds is 6. The standard InChI is InChI=1S/C22H31FN4O5S2/c1-14-17-12-26(16-4-2-15(3-5-16)25-7-10-33(29,30)11-8-25)18-13-27(20(17)19(14)18)22(28)21(23)34(31,32)9-6-24/h2-5,14,17-21H,6-13,24H2,1H3/t14?,17-,18-,19?,20?,21?/m1/s1. The first-order valence-corrected chi connectivity index (χ1v) is 15.3. The summed E-state index contributed by atoms with van der Waals surface area (Å²) in [5.41, 5.74) is 4.69. The fourth-order valence-corrected chi connectivity index (χ4v) is 8.54. The van der Waals surface area contributed by atoms with E-state index in [-0.39, 0.29) is 42.0 Å². The summed E-state index contributed by atoms with van der Waals surface area (Å²) in [5.74, 6) is -0.467. The second-order valence-corrected chi connectivity index (χ2v) is 14.4. The van der Waals surface area contributed by atoms with Gasteiger partial charge in [0, 0.05) is 62.0 Å². The zero-order valence-corrected chi connectivity index (χ0v) is 20.7. The van der Waals surface area contributed by atoms with Crippen molar-refractivity contribution in [3.05, 3.63) is 24.3 Å². The fraction of sp³-hybridized carbons (Fsp3) is 0.682. The number of likely N-dealkylation sites (tertiary alicyclic amines) is 1. The Morgan fingerprint density at radius 3 is 2.38 bits per heavy atom. The van der Waals surface area contributed by atoms with E-state index in [2.05, 4.69) is 16.7 Å². The Balaban J connectivity index is 1.32. The quantitative estimate of drug-likeness (QED) is 0.558. The normalized spacial score (nSPS) is 32.9. The van der Waals surface area contributed by atoms with Gasteiger partial charge in [-0.3, -0.25) is 4.79 Å². The van der Waals surface area contributed by atoms with Gasteiger partial charge in [-0.25, -0.2) is 21.2 Å². The van der Waals surface area contributed by atoms with E-state index in [1.54, 1.807) is 0 Å². The van der Waals surface area contributed by atoms with Gasteiger partial charge in [0.2, 0.25) is 0 Å². The number of piperidine rings is 2. The molecule has 1 saturated carbocycles. The maximum Gasteiger partial charge on any atom is 0.278 e. The van der Waals surface area contributed by atoms with Crippen molar-refractivity contribution in [1.82, 2.24) is 4.90 Å². The highest BCUT2D eigenvalue weighted by molar-refractivity contribution is 7.92. The number of carbonyl (C=O) groups excluding carboxylic acids is 1. The van der Waals surface area contributed by atoms with Crippen LogP contribution in [0.2, 0.25) is 0 Å². The summed E-state index contributed by atoms with van der Waals surface area (Å²) in [6.07, 6.45) is 0. The Kier molecular flexibility index (Phi) is 5.84. The molecule has 0 spiro atoms. The molecule has 1 aromatic carbocycles. The number of anilines is 2. The average molecular weight is 515 g/mol. The number of alkyl halides is 1. The molecule has 2 N–H and O–H groups in total. The van der Waals surface area contributed by atoms with E-state index in [1.165, 1.54) is 4.90 Å². The minimum atomic E-state index is -4.22. The van der Waals surface area contributed by atoms with Gasteiger partial charge in [0.25, 0.3) is 11.4 Å². The van der Waals surface area contributed by atoms with Crippen LogP contribution in [-0.2, 0) is 24.5 Å². The summed E-state index contributed by atoms with van der Waals surface area (Å²) in [7, 11) is -7.16. The molecule has 9 nitrogen and oxygen atoms in total. The number of nitrogens with two attached hydrogens (primary N) is 1. The Bertz CT molecular complexity index is 1160. The lowest BCUT2D eigenvalue weighted by Crippen LogP contribution is -2.66. The molecule has 4 aliphatic rings. The predicted octanol–water partition coefficient (Wildman–Crippen LogP) is -0.128. The molecule has 4 unspecified atom stereocenters. The second-order valence-electron chi connectivity index (χ2n) is 9.93. The smallest absolute Gasteiger partial charge is 0.278 e. The van der Waals surface area contributed by atoms with Crippen molar-refractivity contribution in [2.45, 2.75) is 24.5 Å². The van der Waals surface area contributed by atoms with Crippen LogP contribution in [0.5, 0.6) is 0 Å². The van der Waals surface area contributed by atoms with Crippen LogP contribution >= 0.6 is 0 Å². The first-order valence-electron chi connectivity index (χ1n) is 11.7. The molecule has 3 saturated heterocycles. The van der Waals surface area contributed by atoms with Gasteiger partial charge in [0.15, 0.2) is 19.7 Å². The average Bonchev–Trinajstić information content (AvgIpc) is 3.07. The van der Waals surface area contributed by atoms with Gasteiger partial charge in [-0.2, -0.15) is 0 Å². The highest BCUT2D eigenvalue weighted by Gasteiger charge is 2.65. The molecular formula is C22H31FN4O5S2. The summed E-state index contributed by atoms with van der Waals surface area (Å²) in [6.45, 7) is 3.92. The monoisotopic (exact) mass is 514 g/mol. The first kappa shape index (κ1) is 23.8. The Morgan fingerprint density at radius 1 is 1.15 bits per heavy atom. The van der Waals surface area contributed by atoms with Crippen molar-refractivity contribution in [3.63, 3.8) is 0 Å². The van der Waals surface area contributed by atoms with Crippen LogP contribution in [0.1, 0.15) is 6.92 Å². The summed E-state index contributed by atoms with van der Waals surface area (Å²) >= 11 is 0. The van der Waals surface area contributed by atoms with Crippen molar-refractivity contribution in [3.8, 4) is 0 Å². The molecule has 1 aliphatic carbocycles. The summed E-state index contributed by atoms with van der Waals surface area (Å²) in [4.78, 5) is 18.6. The highest BCUT2D eigenvalue weighted by atomic mass is 32.2. The Morgan fingerprint density at radius 2 is 1.76 bits per heavy atom. The Hall–Kier alpha value is -1.92. The maximum atomic E-state index is 14.7. The molecule has 188 valence electrons. The van der Waals surface area contributed by atoms with Crippen LogP contribution in [-0.4, -0.2) is 95.2 Å². The van der Waals surface area contributed by atoms with Crippen molar-refractivity contribution >= 4 is 37.0 Å². The van der Waals surface area contributed by atoms with Crippen LogP contribution in [0.15, 0.2) is 24.3 Å². The van der Waals surface area contributed by atoms with E-state index < -0.39 is 36.8 Å². The van der Waals surface area contributed by atoms with E-state index in [1.807, 2.05) is 24.3 Å². The maximum absolute atomic E-state index is 14.7. The highest BCUT2D eigenvalue weighted by Crippen LogP contribution is 2.56. The summed E-state index contributed by atoms with van der Waals surface area (Å²) in [6, 6.07) is 7.88. The van der Waals surface area contributed by atoms with Crippen molar-refractivity contribution < 1.29 is 26.0 Å². The molecule has 3 heterocycles. The van der Waals surface area contributed by atoms with Gasteiger partial charge in [0.1, 0.15) is 0 Å². The van der Waals surface area contributed by atoms with Crippen LogP contribution < -0.4 is 15.5 Å². The summed E-state index contributed by atoms with van der Waals surface area (Å²) in [5, 5.41) is 0. The van der Waals surface area contributed by atoms with E-state index in [9.17, 15) is 26.0 Å². The van der Waals surface area contributed by atoms with Crippen LogP contribution in [0.4, 0.5) is 15.8 Å². The van der Waals surface area contributed by atoms with Gasteiger partial charge in [-0.15, -0.1) is 0 Å². The van der Waals surface area contributed by atoms with Gasteiger partial charge in [-0.05, 0) is 30.2 Å². The van der Waals surface area contributed by atoms with Crippen molar-refractivity contribution in [1.29, 1.82) is 0 Å². The van der Waals surface area contributed by atoms with E-state index >= 15 is 0 Å². The zero-order chi connectivity index (χ0) is 24.4. The van der Waals surface area contributed by atoms with Crippen LogP contribution in [0, 0.1) is 17.8 Å². The lowest BCUT2D eigenvalue weighted by Gasteiger charge is -2.58. The van der Waals surface area contributed by atoms with E-state index in [0.29, 0.717) is 25.6 Å². The fourth-order valence-electron chi connectivity index (χ4n) is 6.36. The molecule has 3 aliphatic heterocycles. The van der Waals surface area contributed by atoms with Crippen molar-refractivity contribution in [2.24, 2.45) is 23.5 Å². The number of nitrogens with zero attached hydrogens (tertiary/aromatic N) is 3. The number of hydrogen-bond donors (Lipinski definition) is 1. The largest absolute Gasteiger partial charge is 0.369 e. The Labute approximate surface area is 199 Å². The molecule has 0 radical (unpaired) electrons. The zero-order valence-electron chi connectivity index (χ0n) is 19.1. The van der Waals surface area contributed by atoms with Gasteiger partial charge < -0.3 is 20.4 Å². The number of carbonyl (C=O) groups is 1. The predicted molar refractivity (Wildman–Crippen MR) is 128 cm³/mol. The molecule has 1 amide bonds. The van der Waals surface area contributed by atoms with Gasteiger partial charge in [-0.1, -0.05) is 6.92 Å². The van der Waals surface area contributed by atoms with E-state index in [4.69, 9.17) is 5.73 Å². The molecule has 12 heteroatoms. The first-order chi connectivity index (χ1) is 16.0. The van der Waals surface area contributed by atoms with Gasteiger partial charge in [0.05, 0.1) is 23.3 Å². The van der Waals surface area contributed by atoms with Gasteiger partial charge >= 0.3 is 0 Å². The SMILES string of the molecule is CC1C2C3[C@@H]1CN(c1ccc(N4CCS(=O)(=O)CC4)cc1)[C@@H]2CN3C(=O)C(F)S(=O)(=O)CCN. The number of sulfone groups is 2. The third kappa shape index (κ3) is 3.78. The third-order valence-corrected chi connectivity index (χ3v) is 11.4. The van der Waals surface area contributed by atoms with E-state index in [0.717, 1.165) is 17.9 Å². The van der Waals surface area contributed by atoms with Crippen LogP contribution in [0.3, 0.4) is 0 Å². The number of hydrogen-bond acceptors (Lipinski definition) is 8. The topological polar surface area (TPSA) is 121 Å². The molecule has 0 aromatic heterocycles. The minimum absolute atomic E-state index is 0.00402. The van der Waals surface area contributed by atoms with Crippen LogP contribution in [0.25, 0.3) is 0 Å². The molecule has 4 fully saturated rings. The van der Waals surface area contributed by atoms with Crippen molar-refractivity contribution in [2.75, 3.05) is 59.8 Å². The lowest BCUT2D eigenvalue weighted by molar-refractivity contribution is -0.140. The third-order valence-electron chi connectivity index (χ3n) is 8.20. The minimum Gasteiger partial charge on any atom is -0.369 e. The number of halogens is 1.